The maximum Gasteiger partial charge on any atom is 0.0495 e. The van der Waals surface area contributed by atoms with Crippen LogP contribution in [0.3, 0.4) is 0 Å². The Morgan fingerprint density at radius 2 is 1.88 bits per heavy atom. The standard InChI is InChI=1S/C13H26N2O/c14-15-13(9-11-7-8-16-10-11)12-5-3-1-2-4-6-12/h11-13,15H,1-10,14H2. The maximum absolute atomic E-state index is 5.74. The van der Waals surface area contributed by atoms with E-state index in [1.165, 1.54) is 51.4 Å². The van der Waals surface area contributed by atoms with Crippen LogP contribution in [0.15, 0.2) is 0 Å². The summed E-state index contributed by atoms with van der Waals surface area (Å²) in [6.07, 6.45) is 10.8. The molecule has 2 atom stereocenters. The first kappa shape index (κ1) is 12.3. The lowest BCUT2D eigenvalue weighted by Crippen LogP contribution is -2.42. The van der Waals surface area contributed by atoms with Crippen molar-refractivity contribution in [2.75, 3.05) is 13.2 Å². The van der Waals surface area contributed by atoms with Crippen LogP contribution >= 0.6 is 0 Å². The van der Waals surface area contributed by atoms with Crippen LogP contribution in [0.25, 0.3) is 0 Å². The van der Waals surface area contributed by atoms with E-state index in [9.17, 15) is 0 Å². The van der Waals surface area contributed by atoms with Gasteiger partial charge in [-0.1, -0.05) is 25.7 Å². The molecule has 0 bridgehead atoms. The fraction of sp³-hybridized carbons (Fsp3) is 1.00. The molecule has 2 fully saturated rings. The number of hydrazine groups is 1. The summed E-state index contributed by atoms with van der Waals surface area (Å²) in [7, 11) is 0. The van der Waals surface area contributed by atoms with E-state index in [1.807, 2.05) is 0 Å². The van der Waals surface area contributed by atoms with Gasteiger partial charge >= 0.3 is 0 Å². The molecular formula is C13H26N2O. The molecule has 94 valence electrons. The van der Waals surface area contributed by atoms with Crippen molar-refractivity contribution in [1.29, 1.82) is 0 Å². The molecule has 1 saturated heterocycles. The molecule has 3 nitrogen and oxygen atoms in total. The zero-order valence-electron chi connectivity index (χ0n) is 10.3. The lowest BCUT2D eigenvalue weighted by molar-refractivity contribution is 0.176. The van der Waals surface area contributed by atoms with Crippen LogP contribution in [0.2, 0.25) is 0 Å². The summed E-state index contributed by atoms with van der Waals surface area (Å²) in [4.78, 5) is 0. The Kier molecular flexibility index (Phi) is 5.07. The number of hydrogen-bond acceptors (Lipinski definition) is 3. The Morgan fingerprint density at radius 1 is 1.12 bits per heavy atom. The van der Waals surface area contributed by atoms with Crippen molar-refractivity contribution in [3.8, 4) is 0 Å². The van der Waals surface area contributed by atoms with Crippen molar-refractivity contribution in [3.63, 3.8) is 0 Å². The third-order valence-corrected chi connectivity index (χ3v) is 4.29. The Morgan fingerprint density at radius 3 is 2.44 bits per heavy atom. The van der Waals surface area contributed by atoms with Crippen LogP contribution < -0.4 is 11.3 Å². The molecule has 0 radical (unpaired) electrons. The van der Waals surface area contributed by atoms with Gasteiger partial charge < -0.3 is 4.74 Å². The summed E-state index contributed by atoms with van der Waals surface area (Å²) < 4.78 is 5.45. The van der Waals surface area contributed by atoms with Gasteiger partial charge in [0.05, 0.1) is 0 Å². The lowest BCUT2D eigenvalue weighted by Gasteiger charge is -2.27. The van der Waals surface area contributed by atoms with Crippen molar-refractivity contribution in [3.05, 3.63) is 0 Å². The second-order valence-corrected chi connectivity index (χ2v) is 5.49. The zero-order chi connectivity index (χ0) is 11.2. The molecule has 2 rings (SSSR count). The second kappa shape index (κ2) is 6.58. The average molecular weight is 226 g/mol. The van der Waals surface area contributed by atoms with E-state index in [1.54, 1.807) is 0 Å². The highest BCUT2D eigenvalue weighted by Gasteiger charge is 2.26. The molecule has 2 aliphatic rings. The van der Waals surface area contributed by atoms with Gasteiger partial charge in [-0.05, 0) is 37.5 Å². The van der Waals surface area contributed by atoms with Crippen molar-refractivity contribution >= 4 is 0 Å². The average Bonchev–Trinajstić information content (AvgIpc) is 2.67. The predicted molar refractivity (Wildman–Crippen MR) is 65.8 cm³/mol. The number of ether oxygens (including phenoxy) is 1. The van der Waals surface area contributed by atoms with Gasteiger partial charge in [0.2, 0.25) is 0 Å². The Hall–Kier alpha value is -0.120. The van der Waals surface area contributed by atoms with E-state index in [-0.39, 0.29) is 0 Å². The summed E-state index contributed by atoms with van der Waals surface area (Å²) in [6, 6.07) is 0.518. The number of rotatable bonds is 4. The Labute approximate surface area is 99.1 Å². The molecule has 0 aromatic rings. The molecule has 0 aromatic heterocycles. The normalized spacial score (nSPS) is 30.2. The predicted octanol–water partition coefficient (Wildman–Crippen LogP) is 2.22. The van der Waals surface area contributed by atoms with Crippen LogP contribution in [-0.4, -0.2) is 19.3 Å². The van der Waals surface area contributed by atoms with Gasteiger partial charge in [0.15, 0.2) is 0 Å². The van der Waals surface area contributed by atoms with E-state index in [0.29, 0.717) is 6.04 Å². The fourth-order valence-electron chi connectivity index (χ4n) is 3.24. The lowest BCUT2D eigenvalue weighted by atomic mass is 9.86. The van der Waals surface area contributed by atoms with Crippen LogP contribution in [0.1, 0.15) is 51.4 Å². The fourth-order valence-corrected chi connectivity index (χ4v) is 3.24. The van der Waals surface area contributed by atoms with Gasteiger partial charge in [0, 0.05) is 19.3 Å². The van der Waals surface area contributed by atoms with Crippen LogP contribution in [-0.2, 0) is 4.74 Å². The van der Waals surface area contributed by atoms with E-state index < -0.39 is 0 Å². The monoisotopic (exact) mass is 226 g/mol. The van der Waals surface area contributed by atoms with Gasteiger partial charge in [0.25, 0.3) is 0 Å². The minimum atomic E-state index is 0.518. The van der Waals surface area contributed by atoms with E-state index in [4.69, 9.17) is 10.6 Å². The summed E-state index contributed by atoms with van der Waals surface area (Å²) in [5.41, 5.74) is 3.07. The van der Waals surface area contributed by atoms with Gasteiger partial charge in [-0.2, -0.15) is 0 Å². The molecule has 1 aliphatic carbocycles. The van der Waals surface area contributed by atoms with Gasteiger partial charge in [-0.3, -0.25) is 11.3 Å². The molecule has 0 amide bonds. The van der Waals surface area contributed by atoms with E-state index in [2.05, 4.69) is 5.43 Å². The third-order valence-electron chi connectivity index (χ3n) is 4.29. The first-order valence-corrected chi connectivity index (χ1v) is 6.94. The second-order valence-electron chi connectivity index (χ2n) is 5.49. The minimum absolute atomic E-state index is 0.518. The quantitative estimate of drug-likeness (QED) is 0.439. The maximum atomic E-state index is 5.74. The first-order chi connectivity index (χ1) is 7.90. The SMILES string of the molecule is NNC(CC1CCOC1)C1CCCCCC1. The molecule has 0 aromatic carbocycles. The molecule has 1 aliphatic heterocycles. The Balaban J connectivity index is 1.81. The largest absolute Gasteiger partial charge is 0.381 e. The molecular weight excluding hydrogens is 200 g/mol. The molecule has 1 heterocycles. The van der Waals surface area contributed by atoms with Crippen molar-refractivity contribution in [2.24, 2.45) is 17.7 Å². The highest BCUT2D eigenvalue weighted by molar-refractivity contribution is 4.80. The third kappa shape index (κ3) is 3.44. The van der Waals surface area contributed by atoms with Gasteiger partial charge in [-0.25, -0.2) is 0 Å². The highest BCUT2D eigenvalue weighted by Crippen LogP contribution is 2.29. The topological polar surface area (TPSA) is 47.3 Å². The molecule has 3 N–H and O–H groups in total. The smallest absolute Gasteiger partial charge is 0.0495 e. The number of hydrogen-bond donors (Lipinski definition) is 2. The van der Waals surface area contributed by atoms with E-state index in [0.717, 1.165) is 25.0 Å². The zero-order valence-corrected chi connectivity index (χ0v) is 10.3. The molecule has 1 saturated carbocycles. The molecule has 2 unspecified atom stereocenters. The molecule has 0 spiro atoms. The van der Waals surface area contributed by atoms with Crippen LogP contribution in [0.5, 0.6) is 0 Å². The van der Waals surface area contributed by atoms with Gasteiger partial charge in [0.1, 0.15) is 0 Å². The van der Waals surface area contributed by atoms with Crippen LogP contribution in [0.4, 0.5) is 0 Å². The van der Waals surface area contributed by atoms with Crippen molar-refractivity contribution in [1.82, 2.24) is 5.43 Å². The first-order valence-electron chi connectivity index (χ1n) is 6.94. The summed E-state index contributed by atoms with van der Waals surface area (Å²) in [6.45, 7) is 1.90. The van der Waals surface area contributed by atoms with Crippen molar-refractivity contribution < 1.29 is 4.74 Å². The summed E-state index contributed by atoms with van der Waals surface area (Å²) >= 11 is 0. The number of nitrogens with one attached hydrogen (secondary N) is 1. The number of nitrogens with two attached hydrogens (primary N) is 1. The summed E-state index contributed by atoms with van der Waals surface area (Å²) in [5, 5.41) is 0. The van der Waals surface area contributed by atoms with Crippen molar-refractivity contribution in [2.45, 2.75) is 57.4 Å². The minimum Gasteiger partial charge on any atom is -0.381 e. The van der Waals surface area contributed by atoms with Gasteiger partial charge in [-0.15, -0.1) is 0 Å². The Bertz CT molecular complexity index is 184. The molecule has 16 heavy (non-hydrogen) atoms. The summed E-state index contributed by atoms with van der Waals surface area (Å²) in [5.74, 6) is 7.28. The van der Waals surface area contributed by atoms with E-state index >= 15 is 0 Å². The highest BCUT2D eigenvalue weighted by atomic mass is 16.5. The molecule has 3 heteroatoms. The van der Waals surface area contributed by atoms with Crippen LogP contribution in [0, 0.1) is 11.8 Å².